The first-order valence-corrected chi connectivity index (χ1v) is 6.52. The van der Waals surface area contributed by atoms with Gasteiger partial charge in [0.15, 0.2) is 11.0 Å². The summed E-state index contributed by atoms with van der Waals surface area (Å²) in [7, 11) is 0. The van der Waals surface area contributed by atoms with Crippen molar-refractivity contribution in [1.82, 2.24) is 4.90 Å². The Kier molecular flexibility index (Phi) is 5.23. The van der Waals surface area contributed by atoms with Gasteiger partial charge < -0.3 is 15.1 Å². The van der Waals surface area contributed by atoms with Crippen LogP contribution in [0.25, 0.3) is 0 Å². The zero-order valence-corrected chi connectivity index (χ0v) is 12.0. The van der Waals surface area contributed by atoms with E-state index in [0.717, 1.165) is 6.42 Å². The molecule has 4 nitrogen and oxygen atoms in total. The maximum absolute atomic E-state index is 12.3. The monoisotopic (exact) mass is 272 g/mol. The molecule has 1 amide bonds. The van der Waals surface area contributed by atoms with Gasteiger partial charge in [-0.2, -0.15) is 0 Å². The first kappa shape index (κ1) is 15.1. The summed E-state index contributed by atoms with van der Waals surface area (Å²) in [6.07, 6.45) is 0.890. The van der Waals surface area contributed by atoms with Gasteiger partial charge in [0.1, 0.15) is 0 Å². The number of amides is 1. The van der Waals surface area contributed by atoms with Gasteiger partial charge in [-0.1, -0.05) is 20.8 Å². The van der Waals surface area contributed by atoms with E-state index in [0.29, 0.717) is 19.6 Å². The van der Waals surface area contributed by atoms with Crippen molar-refractivity contribution in [2.75, 3.05) is 19.6 Å². The molecule has 1 aromatic heterocycles. The summed E-state index contributed by atoms with van der Waals surface area (Å²) >= 11 is 5.69. The second kappa shape index (κ2) is 6.25. The summed E-state index contributed by atoms with van der Waals surface area (Å²) in [5, 5.41) is 0.230. The van der Waals surface area contributed by atoms with E-state index < -0.39 is 0 Å². The third kappa shape index (κ3) is 4.03. The Labute approximate surface area is 113 Å². The average molecular weight is 273 g/mol. The maximum atomic E-state index is 12.3. The number of rotatable bonds is 6. The molecule has 18 heavy (non-hydrogen) atoms. The molecule has 0 saturated heterocycles. The second-order valence-electron chi connectivity index (χ2n) is 5.20. The van der Waals surface area contributed by atoms with Crippen LogP contribution in [0.15, 0.2) is 16.5 Å². The van der Waals surface area contributed by atoms with Crippen molar-refractivity contribution in [3.8, 4) is 0 Å². The quantitative estimate of drug-likeness (QED) is 0.866. The maximum Gasteiger partial charge on any atom is 0.289 e. The van der Waals surface area contributed by atoms with Crippen LogP contribution in [0.2, 0.25) is 5.22 Å². The Morgan fingerprint density at radius 3 is 2.61 bits per heavy atom. The number of halogens is 1. The lowest BCUT2D eigenvalue weighted by molar-refractivity contribution is 0.0657. The Balaban J connectivity index is 2.81. The minimum absolute atomic E-state index is 0.110. The van der Waals surface area contributed by atoms with Crippen molar-refractivity contribution >= 4 is 17.5 Å². The van der Waals surface area contributed by atoms with Gasteiger partial charge in [0.05, 0.1) is 0 Å². The van der Waals surface area contributed by atoms with Crippen molar-refractivity contribution in [1.29, 1.82) is 0 Å². The number of nitrogens with two attached hydrogens (primary N) is 1. The Morgan fingerprint density at radius 1 is 1.50 bits per heavy atom. The van der Waals surface area contributed by atoms with Crippen LogP contribution >= 0.6 is 11.6 Å². The van der Waals surface area contributed by atoms with Crippen LogP contribution in [-0.2, 0) is 0 Å². The highest BCUT2D eigenvalue weighted by Crippen LogP contribution is 2.19. The van der Waals surface area contributed by atoms with E-state index in [1.807, 2.05) is 20.8 Å². The van der Waals surface area contributed by atoms with E-state index in [2.05, 4.69) is 0 Å². The Bertz CT molecular complexity index is 401. The van der Waals surface area contributed by atoms with Gasteiger partial charge in [0, 0.05) is 13.1 Å². The molecule has 1 aromatic rings. The number of nitrogens with zero attached hydrogens (tertiary/aromatic N) is 1. The summed E-state index contributed by atoms with van der Waals surface area (Å²) in [6, 6.07) is 3.18. The van der Waals surface area contributed by atoms with Crippen molar-refractivity contribution in [2.45, 2.75) is 27.2 Å². The van der Waals surface area contributed by atoms with E-state index >= 15 is 0 Å². The standard InChI is InChI=1S/C13H21ClN2O2/c1-4-7-16(9-13(2,3)8-15)12(17)10-5-6-11(14)18-10/h5-6H,4,7-9,15H2,1-3H3. The fourth-order valence-electron chi connectivity index (χ4n) is 1.69. The number of hydrogen-bond acceptors (Lipinski definition) is 3. The molecule has 0 bridgehead atoms. The molecule has 0 saturated carbocycles. The highest BCUT2D eigenvalue weighted by Gasteiger charge is 2.25. The normalized spacial score (nSPS) is 11.6. The summed E-state index contributed by atoms with van der Waals surface area (Å²) < 4.78 is 5.16. The van der Waals surface area contributed by atoms with Crippen LogP contribution in [0.3, 0.4) is 0 Å². The first-order valence-electron chi connectivity index (χ1n) is 6.14. The smallest absolute Gasteiger partial charge is 0.289 e. The summed E-state index contributed by atoms with van der Waals surface area (Å²) in [5.41, 5.74) is 5.60. The summed E-state index contributed by atoms with van der Waals surface area (Å²) in [6.45, 7) is 7.93. The predicted octanol–water partition coefficient (Wildman–Crippen LogP) is 2.77. The molecule has 0 fully saturated rings. The van der Waals surface area contributed by atoms with Crippen LogP contribution in [0.4, 0.5) is 0 Å². The first-order chi connectivity index (χ1) is 8.39. The van der Waals surface area contributed by atoms with Crippen LogP contribution in [0, 0.1) is 5.41 Å². The highest BCUT2D eigenvalue weighted by molar-refractivity contribution is 6.29. The van der Waals surface area contributed by atoms with Gasteiger partial charge in [-0.15, -0.1) is 0 Å². The summed E-state index contributed by atoms with van der Waals surface area (Å²) in [5.74, 6) is 0.145. The fourth-order valence-corrected chi connectivity index (χ4v) is 1.83. The van der Waals surface area contributed by atoms with Gasteiger partial charge in [-0.3, -0.25) is 4.79 Å². The van der Waals surface area contributed by atoms with Crippen molar-refractivity contribution in [3.05, 3.63) is 23.1 Å². The number of hydrogen-bond donors (Lipinski definition) is 1. The van der Waals surface area contributed by atoms with Crippen molar-refractivity contribution < 1.29 is 9.21 Å². The topological polar surface area (TPSA) is 59.5 Å². The number of carbonyl (C=O) groups excluding carboxylic acids is 1. The molecule has 0 unspecified atom stereocenters. The number of furan rings is 1. The lowest BCUT2D eigenvalue weighted by atomic mass is 9.93. The van der Waals surface area contributed by atoms with Crippen molar-refractivity contribution in [2.24, 2.45) is 11.1 Å². The SMILES string of the molecule is CCCN(CC(C)(C)CN)C(=O)c1ccc(Cl)o1. The van der Waals surface area contributed by atoms with E-state index in [9.17, 15) is 4.79 Å². The Morgan fingerprint density at radius 2 is 2.17 bits per heavy atom. The van der Waals surface area contributed by atoms with E-state index in [1.54, 1.807) is 17.0 Å². The van der Waals surface area contributed by atoms with Crippen LogP contribution in [0.1, 0.15) is 37.7 Å². The van der Waals surface area contributed by atoms with Crippen LogP contribution in [-0.4, -0.2) is 30.4 Å². The lowest BCUT2D eigenvalue weighted by Crippen LogP contribution is -2.42. The van der Waals surface area contributed by atoms with E-state index in [4.69, 9.17) is 21.8 Å². The second-order valence-corrected chi connectivity index (χ2v) is 5.57. The molecule has 5 heteroatoms. The van der Waals surface area contributed by atoms with Gasteiger partial charge in [-0.25, -0.2) is 0 Å². The lowest BCUT2D eigenvalue weighted by Gasteiger charge is -2.31. The Hall–Kier alpha value is -1.00. The fraction of sp³-hybridized carbons (Fsp3) is 0.615. The molecule has 0 aliphatic rings. The minimum atomic E-state index is -0.134. The molecule has 0 atom stereocenters. The molecule has 0 aromatic carbocycles. The summed E-state index contributed by atoms with van der Waals surface area (Å²) in [4.78, 5) is 14.0. The third-order valence-corrected chi connectivity index (χ3v) is 2.94. The van der Waals surface area contributed by atoms with Gasteiger partial charge in [0.2, 0.25) is 0 Å². The van der Waals surface area contributed by atoms with Crippen LogP contribution in [0.5, 0.6) is 0 Å². The average Bonchev–Trinajstić information content (AvgIpc) is 2.74. The zero-order valence-electron chi connectivity index (χ0n) is 11.2. The zero-order chi connectivity index (χ0) is 13.8. The molecule has 0 aliphatic heterocycles. The van der Waals surface area contributed by atoms with Gasteiger partial charge >= 0.3 is 0 Å². The minimum Gasteiger partial charge on any atom is -0.440 e. The third-order valence-electron chi connectivity index (χ3n) is 2.74. The molecule has 0 aliphatic carbocycles. The molecule has 1 heterocycles. The largest absolute Gasteiger partial charge is 0.440 e. The molecule has 1 rings (SSSR count). The molecule has 0 radical (unpaired) electrons. The van der Waals surface area contributed by atoms with Gasteiger partial charge in [0.25, 0.3) is 5.91 Å². The molecule has 102 valence electrons. The molecular formula is C13H21ClN2O2. The van der Waals surface area contributed by atoms with Crippen molar-refractivity contribution in [3.63, 3.8) is 0 Å². The van der Waals surface area contributed by atoms with E-state index in [1.165, 1.54) is 0 Å². The van der Waals surface area contributed by atoms with Crippen LogP contribution < -0.4 is 5.73 Å². The number of carbonyl (C=O) groups is 1. The van der Waals surface area contributed by atoms with Gasteiger partial charge in [-0.05, 0) is 42.1 Å². The predicted molar refractivity (Wildman–Crippen MR) is 72.7 cm³/mol. The highest BCUT2D eigenvalue weighted by atomic mass is 35.5. The van der Waals surface area contributed by atoms with E-state index in [-0.39, 0.29) is 22.3 Å². The molecular weight excluding hydrogens is 252 g/mol. The molecule has 2 N–H and O–H groups in total. The molecule has 0 spiro atoms.